The fourth-order valence-corrected chi connectivity index (χ4v) is 4.41. The number of hydrogen-bond donors (Lipinski definition) is 1. The van der Waals surface area contributed by atoms with Gasteiger partial charge in [0.05, 0.1) is 0 Å². The van der Waals surface area contributed by atoms with Gasteiger partial charge in [0.15, 0.2) is 0 Å². The van der Waals surface area contributed by atoms with Crippen molar-refractivity contribution in [2.75, 3.05) is 5.32 Å². The van der Waals surface area contributed by atoms with E-state index in [2.05, 4.69) is 33.4 Å². The number of carbonyl (C=O) groups is 1. The first kappa shape index (κ1) is 15.1. The van der Waals surface area contributed by atoms with E-state index in [1.807, 2.05) is 12.1 Å². The van der Waals surface area contributed by atoms with Crippen LogP contribution >= 0.6 is 15.9 Å². The van der Waals surface area contributed by atoms with Crippen LogP contribution in [0.15, 0.2) is 24.3 Å². The highest BCUT2D eigenvalue weighted by atomic mass is 79.9. The summed E-state index contributed by atoms with van der Waals surface area (Å²) in [5.74, 6) is 2.16. The first-order valence-electron chi connectivity index (χ1n) is 8.22. The Kier molecular flexibility index (Phi) is 4.99. The number of benzene rings is 1. The summed E-state index contributed by atoms with van der Waals surface area (Å²) in [5, 5.41) is 3.96. The first-order chi connectivity index (χ1) is 10.3. The molecule has 2 nitrogen and oxygen atoms in total. The van der Waals surface area contributed by atoms with Crippen LogP contribution in [0.4, 0.5) is 5.69 Å². The van der Waals surface area contributed by atoms with E-state index < -0.39 is 0 Å². The molecule has 0 aliphatic heterocycles. The van der Waals surface area contributed by atoms with Crippen molar-refractivity contribution in [3.8, 4) is 0 Å². The van der Waals surface area contributed by atoms with E-state index >= 15 is 0 Å². The van der Waals surface area contributed by atoms with Crippen molar-refractivity contribution in [2.24, 2.45) is 17.8 Å². The minimum Gasteiger partial charge on any atom is -0.326 e. The number of amides is 1. The van der Waals surface area contributed by atoms with Gasteiger partial charge in [-0.1, -0.05) is 53.7 Å². The second-order valence-electron chi connectivity index (χ2n) is 6.63. The number of halogens is 1. The SMILES string of the molecule is O=C(Nc1ccc(CBr)cc1)C1CCC2CCCCC2C1. The Morgan fingerprint density at radius 2 is 1.76 bits per heavy atom. The Bertz CT molecular complexity index is 484. The molecule has 114 valence electrons. The molecular formula is C18H24BrNO. The Hall–Kier alpha value is -0.830. The van der Waals surface area contributed by atoms with E-state index in [-0.39, 0.29) is 11.8 Å². The maximum atomic E-state index is 12.5. The fraction of sp³-hybridized carbons (Fsp3) is 0.611. The quantitative estimate of drug-likeness (QED) is 0.753. The number of carbonyl (C=O) groups excluding carboxylic acids is 1. The molecule has 0 saturated heterocycles. The van der Waals surface area contributed by atoms with Crippen molar-refractivity contribution in [1.82, 2.24) is 0 Å². The zero-order chi connectivity index (χ0) is 14.7. The third-order valence-corrected chi connectivity index (χ3v) is 5.93. The van der Waals surface area contributed by atoms with Crippen LogP contribution in [0.5, 0.6) is 0 Å². The van der Waals surface area contributed by atoms with Crippen LogP contribution in [0, 0.1) is 17.8 Å². The molecule has 2 saturated carbocycles. The minimum absolute atomic E-state index is 0.222. The number of alkyl halides is 1. The van der Waals surface area contributed by atoms with Crippen molar-refractivity contribution in [2.45, 2.75) is 50.3 Å². The zero-order valence-electron chi connectivity index (χ0n) is 12.5. The van der Waals surface area contributed by atoms with Crippen LogP contribution in [0.3, 0.4) is 0 Å². The van der Waals surface area contributed by atoms with Crippen LogP contribution in [0.1, 0.15) is 50.5 Å². The second kappa shape index (κ2) is 6.95. The zero-order valence-corrected chi connectivity index (χ0v) is 14.1. The number of fused-ring (bicyclic) bond motifs is 1. The molecule has 1 amide bonds. The van der Waals surface area contributed by atoms with Crippen LogP contribution in [-0.4, -0.2) is 5.91 Å². The van der Waals surface area contributed by atoms with E-state index in [9.17, 15) is 4.79 Å². The smallest absolute Gasteiger partial charge is 0.227 e. The third kappa shape index (κ3) is 3.68. The Balaban J connectivity index is 1.57. The molecule has 2 fully saturated rings. The van der Waals surface area contributed by atoms with Crippen molar-refractivity contribution < 1.29 is 4.79 Å². The summed E-state index contributed by atoms with van der Waals surface area (Å²) < 4.78 is 0. The van der Waals surface area contributed by atoms with Crippen molar-refractivity contribution in [1.29, 1.82) is 0 Å². The molecule has 1 aromatic rings. The average molecular weight is 350 g/mol. The monoisotopic (exact) mass is 349 g/mol. The summed E-state index contributed by atoms with van der Waals surface area (Å²) in [6.45, 7) is 0. The molecule has 3 unspecified atom stereocenters. The van der Waals surface area contributed by atoms with Gasteiger partial charge in [0.25, 0.3) is 0 Å². The molecule has 3 atom stereocenters. The van der Waals surface area contributed by atoms with Gasteiger partial charge in [-0.3, -0.25) is 4.79 Å². The lowest BCUT2D eigenvalue weighted by Crippen LogP contribution is -2.33. The summed E-state index contributed by atoms with van der Waals surface area (Å²) in [6, 6.07) is 8.12. The molecule has 2 aliphatic carbocycles. The van der Waals surface area contributed by atoms with Gasteiger partial charge in [0.2, 0.25) is 5.91 Å². The highest BCUT2D eigenvalue weighted by molar-refractivity contribution is 9.08. The highest BCUT2D eigenvalue weighted by Gasteiger charge is 2.34. The van der Waals surface area contributed by atoms with Crippen molar-refractivity contribution >= 4 is 27.5 Å². The molecular weight excluding hydrogens is 326 g/mol. The molecule has 2 aliphatic rings. The van der Waals surface area contributed by atoms with E-state index in [0.717, 1.165) is 35.7 Å². The minimum atomic E-state index is 0.222. The lowest BCUT2D eigenvalue weighted by atomic mass is 9.67. The maximum absolute atomic E-state index is 12.5. The molecule has 3 rings (SSSR count). The van der Waals surface area contributed by atoms with Crippen molar-refractivity contribution in [3.63, 3.8) is 0 Å². The predicted molar refractivity (Wildman–Crippen MR) is 90.5 cm³/mol. The topological polar surface area (TPSA) is 29.1 Å². The Labute approximate surface area is 135 Å². The molecule has 21 heavy (non-hydrogen) atoms. The van der Waals surface area contributed by atoms with E-state index in [0.29, 0.717) is 0 Å². The second-order valence-corrected chi connectivity index (χ2v) is 7.20. The lowest BCUT2D eigenvalue weighted by Gasteiger charge is -2.38. The molecule has 0 spiro atoms. The van der Waals surface area contributed by atoms with Gasteiger partial charge in [-0.25, -0.2) is 0 Å². The first-order valence-corrected chi connectivity index (χ1v) is 9.34. The van der Waals surface area contributed by atoms with E-state index in [1.165, 1.54) is 37.7 Å². The summed E-state index contributed by atoms with van der Waals surface area (Å²) in [7, 11) is 0. The molecule has 0 aromatic heterocycles. The molecule has 0 radical (unpaired) electrons. The van der Waals surface area contributed by atoms with E-state index in [1.54, 1.807) is 0 Å². The summed E-state index contributed by atoms with van der Waals surface area (Å²) in [4.78, 5) is 12.5. The van der Waals surface area contributed by atoms with Crippen molar-refractivity contribution in [3.05, 3.63) is 29.8 Å². The van der Waals surface area contributed by atoms with E-state index in [4.69, 9.17) is 0 Å². The highest BCUT2D eigenvalue weighted by Crippen LogP contribution is 2.42. The summed E-state index contributed by atoms with van der Waals surface area (Å²) in [5.41, 5.74) is 2.16. The lowest BCUT2D eigenvalue weighted by molar-refractivity contribution is -0.122. The number of hydrogen-bond acceptors (Lipinski definition) is 1. The fourth-order valence-electron chi connectivity index (χ4n) is 4.03. The Morgan fingerprint density at radius 1 is 1.05 bits per heavy atom. The molecule has 1 aromatic carbocycles. The van der Waals surface area contributed by atoms with Crippen LogP contribution in [0.25, 0.3) is 0 Å². The normalized spacial score (nSPS) is 28.7. The van der Waals surface area contributed by atoms with Crippen LogP contribution in [-0.2, 0) is 10.1 Å². The van der Waals surface area contributed by atoms with Gasteiger partial charge in [0, 0.05) is 16.9 Å². The van der Waals surface area contributed by atoms with Gasteiger partial charge < -0.3 is 5.32 Å². The Morgan fingerprint density at radius 3 is 2.48 bits per heavy atom. The van der Waals surface area contributed by atoms with Gasteiger partial charge >= 0.3 is 0 Å². The standard InChI is InChI=1S/C18H24BrNO/c19-12-13-5-9-17(10-6-13)20-18(21)16-8-7-14-3-1-2-4-15(14)11-16/h5-6,9-10,14-16H,1-4,7-8,11-12H2,(H,20,21). The number of nitrogens with one attached hydrogen (secondary N) is 1. The molecule has 3 heteroatoms. The van der Waals surface area contributed by atoms with Crippen LogP contribution < -0.4 is 5.32 Å². The predicted octanol–water partition coefficient (Wildman–Crippen LogP) is 5.13. The molecule has 1 N–H and O–H groups in total. The third-order valence-electron chi connectivity index (χ3n) is 5.29. The van der Waals surface area contributed by atoms with Crippen LogP contribution in [0.2, 0.25) is 0 Å². The number of rotatable bonds is 3. The maximum Gasteiger partial charge on any atom is 0.227 e. The molecule has 0 heterocycles. The molecule has 0 bridgehead atoms. The summed E-state index contributed by atoms with van der Waals surface area (Å²) >= 11 is 3.44. The van der Waals surface area contributed by atoms with Gasteiger partial charge in [-0.05, 0) is 48.8 Å². The average Bonchev–Trinajstić information content (AvgIpc) is 2.55. The summed E-state index contributed by atoms with van der Waals surface area (Å²) in [6.07, 6.45) is 8.94. The number of anilines is 1. The largest absolute Gasteiger partial charge is 0.326 e. The van der Waals surface area contributed by atoms with Gasteiger partial charge in [0.1, 0.15) is 0 Å². The van der Waals surface area contributed by atoms with Gasteiger partial charge in [-0.15, -0.1) is 0 Å². The van der Waals surface area contributed by atoms with Gasteiger partial charge in [-0.2, -0.15) is 0 Å².